The molecule has 2 aromatic rings. The molecule has 2 N–H and O–H groups in total. The first-order chi connectivity index (χ1) is 7.25. The van der Waals surface area contributed by atoms with Crippen molar-refractivity contribution < 1.29 is 14.3 Å². The summed E-state index contributed by atoms with van der Waals surface area (Å²) < 4.78 is 5.33. The molecular formula is C10H10N2O3. The Bertz CT molecular complexity index is 445. The average Bonchev–Trinajstić information content (AvgIpc) is 2.59. The number of carboxylic acid groups (broad SMARTS) is 1. The summed E-state index contributed by atoms with van der Waals surface area (Å²) in [5.41, 5.74) is 1.45. The van der Waals surface area contributed by atoms with E-state index in [2.05, 4.69) is 10.3 Å². The second-order valence-electron chi connectivity index (χ2n) is 3.06. The topological polar surface area (TPSA) is 75.4 Å². The van der Waals surface area contributed by atoms with Crippen LogP contribution in [-0.4, -0.2) is 22.6 Å². The molecule has 0 bridgehead atoms. The molecule has 1 heterocycles. The van der Waals surface area contributed by atoms with Crippen molar-refractivity contribution in [3.05, 3.63) is 24.3 Å². The van der Waals surface area contributed by atoms with Crippen LogP contribution < -0.4 is 5.32 Å². The van der Waals surface area contributed by atoms with E-state index in [1.807, 2.05) is 24.3 Å². The number of hydrogen-bond donors (Lipinski definition) is 2. The zero-order valence-corrected chi connectivity index (χ0v) is 7.93. The Labute approximate surface area is 85.7 Å². The van der Waals surface area contributed by atoms with Crippen LogP contribution in [0.15, 0.2) is 28.7 Å². The summed E-state index contributed by atoms with van der Waals surface area (Å²) in [4.78, 5) is 14.4. The van der Waals surface area contributed by atoms with Gasteiger partial charge in [-0.1, -0.05) is 12.1 Å². The molecule has 0 aliphatic carbocycles. The number of nitrogens with zero attached hydrogens (tertiary/aromatic N) is 1. The summed E-state index contributed by atoms with van der Waals surface area (Å²) in [6.07, 6.45) is 0.0404. The van der Waals surface area contributed by atoms with E-state index < -0.39 is 5.97 Å². The maximum Gasteiger partial charge on any atom is 0.305 e. The number of nitrogens with one attached hydrogen (secondary N) is 1. The minimum atomic E-state index is -0.849. The second kappa shape index (κ2) is 4.00. The van der Waals surface area contributed by atoms with Crippen LogP contribution in [-0.2, 0) is 4.79 Å². The molecule has 0 radical (unpaired) electrons. The van der Waals surface area contributed by atoms with Crippen molar-refractivity contribution in [2.75, 3.05) is 11.9 Å². The van der Waals surface area contributed by atoms with Gasteiger partial charge in [0.05, 0.1) is 6.42 Å². The molecule has 0 amide bonds. The molecule has 0 fully saturated rings. The lowest BCUT2D eigenvalue weighted by Crippen LogP contribution is -2.07. The van der Waals surface area contributed by atoms with Crippen LogP contribution in [0.25, 0.3) is 11.1 Å². The van der Waals surface area contributed by atoms with E-state index in [0.29, 0.717) is 18.1 Å². The minimum absolute atomic E-state index is 0.0404. The fraction of sp³-hybridized carbons (Fsp3) is 0.200. The van der Waals surface area contributed by atoms with E-state index >= 15 is 0 Å². The number of hydrogen-bond acceptors (Lipinski definition) is 4. The highest BCUT2D eigenvalue weighted by Gasteiger charge is 2.04. The normalized spacial score (nSPS) is 10.4. The number of carboxylic acids is 1. The third kappa shape index (κ3) is 2.25. The Balaban J connectivity index is 2.05. The van der Waals surface area contributed by atoms with Gasteiger partial charge >= 0.3 is 5.97 Å². The van der Waals surface area contributed by atoms with Gasteiger partial charge in [0.25, 0.3) is 6.01 Å². The summed E-state index contributed by atoms with van der Waals surface area (Å²) in [6, 6.07) is 7.73. The highest BCUT2D eigenvalue weighted by atomic mass is 16.4. The molecule has 0 atom stereocenters. The highest BCUT2D eigenvalue weighted by molar-refractivity contribution is 5.74. The first kappa shape index (κ1) is 9.51. The van der Waals surface area contributed by atoms with Crippen molar-refractivity contribution in [1.29, 1.82) is 0 Å². The van der Waals surface area contributed by atoms with E-state index in [-0.39, 0.29) is 6.42 Å². The van der Waals surface area contributed by atoms with Gasteiger partial charge in [-0.25, -0.2) is 0 Å². The highest BCUT2D eigenvalue weighted by Crippen LogP contribution is 2.17. The van der Waals surface area contributed by atoms with Crippen molar-refractivity contribution in [3.63, 3.8) is 0 Å². The smallest absolute Gasteiger partial charge is 0.305 e. The Kier molecular flexibility index (Phi) is 2.53. The lowest BCUT2D eigenvalue weighted by molar-refractivity contribution is -0.136. The number of rotatable bonds is 4. The molecule has 0 aliphatic heterocycles. The number of aliphatic carboxylic acids is 1. The summed E-state index contributed by atoms with van der Waals surface area (Å²) in [7, 11) is 0. The molecule has 0 saturated heterocycles. The molecule has 0 unspecified atom stereocenters. The second-order valence-corrected chi connectivity index (χ2v) is 3.06. The fourth-order valence-electron chi connectivity index (χ4n) is 1.22. The standard InChI is InChI=1S/C10H10N2O3/c13-9(14)5-6-11-10-12-7-3-1-2-4-8(7)15-10/h1-4H,5-6H2,(H,11,12)(H,13,14). The molecule has 2 rings (SSSR count). The number of benzene rings is 1. The van der Waals surface area contributed by atoms with Gasteiger partial charge in [-0.15, -0.1) is 0 Å². The summed E-state index contributed by atoms with van der Waals surface area (Å²) in [5.74, 6) is -0.849. The maximum atomic E-state index is 10.3. The van der Waals surface area contributed by atoms with Crippen LogP contribution in [0.4, 0.5) is 6.01 Å². The Hall–Kier alpha value is -2.04. The molecule has 1 aromatic carbocycles. The van der Waals surface area contributed by atoms with Gasteiger partial charge in [0, 0.05) is 6.54 Å². The average molecular weight is 206 g/mol. The summed E-state index contributed by atoms with van der Waals surface area (Å²) in [5, 5.41) is 11.2. The van der Waals surface area contributed by atoms with Gasteiger partial charge in [-0.05, 0) is 12.1 Å². The van der Waals surface area contributed by atoms with Gasteiger partial charge in [-0.2, -0.15) is 4.98 Å². The van der Waals surface area contributed by atoms with E-state index in [4.69, 9.17) is 9.52 Å². The minimum Gasteiger partial charge on any atom is -0.481 e. The molecule has 78 valence electrons. The van der Waals surface area contributed by atoms with E-state index in [1.54, 1.807) is 0 Å². The van der Waals surface area contributed by atoms with E-state index in [9.17, 15) is 4.79 Å². The third-order valence-electron chi connectivity index (χ3n) is 1.91. The molecule has 0 spiro atoms. The Morgan fingerprint density at radius 3 is 3.00 bits per heavy atom. The predicted octanol–water partition coefficient (Wildman–Crippen LogP) is 1.71. The number of fused-ring (bicyclic) bond motifs is 1. The number of carbonyl (C=O) groups is 1. The lowest BCUT2D eigenvalue weighted by Gasteiger charge is -1.96. The van der Waals surface area contributed by atoms with Gasteiger partial charge in [0.2, 0.25) is 0 Å². The molecule has 1 aromatic heterocycles. The van der Waals surface area contributed by atoms with Crippen LogP contribution in [0.2, 0.25) is 0 Å². The van der Waals surface area contributed by atoms with Crippen LogP contribution in [0.3, 0.4) is 0 Å². The van der Waals surface area contributed by atoms with Gasteiger partial charge in [-0.3, -0.25) is 4.79 Å². The van der Waals surface area contributed by atoms with Crippen molar-refractivity contribution >= 4 is 23.1 Å². The summed E-state index contributed by atoms with van der Waals surface area (Å²) >= 11 is 0. The third-order valence-corrected chi connectivity index (χ3v) is 1.91. The monoisotopic (exact) mass is 206 g/mol. The first-order valence-corrected chi connectivity index (χ1v) is 4.57. The Morgan fingerprint density at radius 1 is 1.47 bits per heavy atom. The lowest BCUT2D eigenvalue weighted by atomic mass is 10.3. The van der Waals surface area contributed by atoms with Crippen molar-refractivity contribution in [1.82, 2.24) is 4.98 Å². The zero-order valence-electron chi connectivity index (χ0n) is 7.93. The zero-order chi connectivity index (χ0) is 10.7. The van der Waals surface area contributed by atoms with Crippen LogP contribution in [0, 0.1) is 0 Å². The van der Waals surface area contributed by atoms with Crippen LogP contribution >= 0.6 is 0 Å². The molecule has 15 heavy (non-hydrogen) atoms. The fourth-order valence-corrected chi connectivity index (χ4v) is 1.22. The molecule has 5 nitrogen and oxygen atoms in total. The molecular weight excluding hydrogens is 196 g/mol. The number of oxazole rings is 1. The first-order valence-electron chi connectivity index (χ1n) is 4.57. The largest absolute Gasteiger partial charge is 0.481 e. The predicted molar refractivity (Wildman–Crippen MR) is 54.8 cm³/mol. The van der Waals surface area contributed by atoms with Gasteiger partial charge < -0.3 is 14.8 Å². The van der Waals surface area contributed by atoms with Crippen molar-refractivity contribution in [3.8, 4) is 0 Å². The number of aromatic nitrogens is 1. The number of para-hydroxylation sites is 2. The van der Waals surface area contributed by atoms with Gasteiger partial charge in [0.1, 0.15) is 5.52 Å². The molecule has 0 saturated carbocycles. The SMILES string of the molecule is O=C(O)CCNc1nc2ccccc2o1. The van der Waals surface area contributed by atoms with E-state index in [0.717, 1.165) is 5.52 Å². The maximum absolute atomic E-state index is 10.3. The van der Waals surface area contributed by atoms with E-state index in [1.165, 1.54) is 0 Å². The quantitative estimate of drug-likeness (QED) is 0.796. The molecule has 5 heteroatoms. The van der Waals surface area contributed by atoms with Crippen molar-refractivity contribution in [2.24, 2.45) is 0 Å². The Morgan fingerprint density at radius 2 is 2.27 bits per heavy atom. The van der Waals surface area contributed by atoms with Crippen LogP contribution in [0.5, 0.6) is 0 Å². The van der Waals surface area contributed by atoms with Crippen LogP contribution in [0.1, 0.15) is 6.42 Å². The number of anilines is 1. The van der Waals surface area contributed by atoms with Gasteiger partial charge in [0.15, 0.2) is 5.58 Å². The van der Waals surface area contributed by atoms with Crippen molar-refractivity contribution in [2.45, 2.75) is 6.42 Å². The summed E-state index contributed by atoms with van der Waals surface area (Å²) in [6.45, 7) is 0.308. The molecule has 0 aliphatic rings.